The second kappa shape index (κ2) is 8.47. The van der Waals surface area contributed by atoms with E-state index in [-0.39, 0.29) is 23.5 Å². The molecule has 4 rings (SSSR count). The normalized spacial score (nSPS) is 19.8. The number of anilines is 1. The molecule has 2 aromatic heterocycles. The number of hydrogen-bond acceptors (Lipinski definition) is 5. The molecule has 3 aromatic rings. The Balaban J connectivity index is 1.50. The van der Waals surface area contributed by atoms with Gasteiger partial charge < -0.3 is 10.6 Å². The highest BCUT2D eigenvalue weighted by Crippen LogP contribution is 2.54. The summed E-state index contributed by atoms with van der Waals surface area (Å²) in [5.41, 5.74) is 2.10. The van der Waals surface area contributed by atoms with E-state index in [1.165, 1.54) is 24.3 Å². The van der Waals surface area contributed by atoms with Gasteiger partial charge >= 0.3 is 0 Å². The zero-order valence-electron chi connectivity index (χ0n) is 17.3. The van der Waals surface area contributed by atoms with Crippen LogP contribution in [0.15, 0.2) is 48.8 Å². The first-order valence-electron chi connectivity index (χ1n) is 10.1. The predicted octanol–water partition coefficient (Wildman–Crippen LogP) is 3.45. The highest BCUT2D eigenvalue weighted by atomic mass is 19.1. The first-order valence-corrected chi connectivity index (χ1v) is 10.1. The van der Waals surface area contributed by atoms with Gasteiger partial charge in [-0.1, -0.05) is 12.1 Å². The smallest absolute Gasteiger partial charge is 0.229 e. The van der Waals surface area contributed by atoms with Gasteiger partial charge in [0, 0.05) is 36.0 Å². The number of aromatic nitrogens is 3. The van der Waals surface area contributed by atoms with Crippen molar-refractivity contribution in [3.8, 4) is 0 Å². The molecule has 6 nitrogen and oxygen atoms in total. The monoisotopic (exact) mass is 423 g/mol. The Hall–Kier alpha value is -3.26. The van der Waals surface area contributed by atoms with Crippen LogP contribution >= 0.6 is 0 Å². The van der Waals surface area contributed by atoms with E-state index in [1.54, 1.807) is 12.3 Å². The van der Waals surface area contributed by atoms with Crippen LogP contribution in [0.1, 0.15) is 29.1 Å². The minimum Gasteiger partial charge on any atom is -0.312 e. The molecule has 0 radical (unpaired) electrons. The van der Waals surface area contributed by atoms with Gasteiger partial charge in [-0.2, -0.15) is 0 Å². The highest BCUT2D eigenvalue weighted by molar-refractivity contribution is 5.95. The first kappa shape index (κ1) is 21.0. The predicted molar refractivity (Wildman–Crippen MR) is 112 cm³/mol. The van der Waals surface area contributed by atoms with E-state index in [9.17, 15) is 13.6 Å². The second-order valence-corrected chi connectivity index (χ2v) is 7.91. The van der Waals surface area contributed by atoms with Crippen molar-refractivity contribution in [1.82, 2.24) is 20.3 Å². The first-order chi connectivity index (χ1) is 14.9. The van der Waals surface area contributed by atoms with Gasteiger partial charge in [-0.25, -0.2) is 23.7 Å². The lowest BCUT2D eigenvalue weighted by atomic mass is 9.92. The van der Waals surface area contributed by atoms with Crippen molar-refractivity contribution >= 4 is 11.7 Å². The molecule has 8 heteroatoms. The summed E-state index contributed by atoms with van der Waals surface area (Å²) in [4.78, 5) is 25.4. The number of rotatable bonds is 7. The van der Waals surface area contributed by atoms with Gasteiger partial charge in [0.05, 0.1) is 12.1 Å². The standard InChI is InChI=1S/C23H23F2N5O/c1-14-16(11-27-15(2)29-14)10-26-13-23(17-4-3-5-18(24)8-17)9-20(23)22(31)30-21-7-6-19(25)12-28-21/h3-8,11-12,20,26H,9-10,13H2,1-2H3,(H,28,30,31)/t20-,23+/m0/s1. The average molecular weight is 423 g/mol. The van der Waals surface area contributed by atoms with Gasteiger partial charge in [-0.3, -0.25) is 4.79 Å². The quantitative estimate of drug-likeness (QED) is 0.609. The van der Waals surface area contributed by atoms with E-state index in [0.717, 1.165) is 23.0 Å². The number of halogens is 2. The third-order valence-corrected chi connectivity index (χ3v) is 5.73. The summed E-state index contributed by atoms with van der Waals surface area (Å²) in [5, 5.41) is 6.13. The molecule has 1 aliphatic carbocycles. The van der Waals surface area contributed by atoms with Crippen molar-refractivity contribution in [3.05, 3.63) is 83.1 Å². The lowest BCUT2D eigenvalue weighted by Crippen LogP contribution is -2.32. The maximum Gasteiger partial charge on any atom is 0.229 e. The Bertz CT molecular complexity index is 1110. The minimum absolute atomic E-state index is 0.222. The number of nitrogens with zero attached hydrogens (tertiary/aromatic N) is 3. The van der Waals surface area contributed by atoms with E-state index < -0.39 is 11.2 Å². The lowest BCUT2D eigenvalue weighted by molar-refractivity contribution is -0.117. The molecule has 160 valence electrons. The van der Waals surface area contributed by atoms with Crippen LogP contribution in [-0.2, 0) is 16.8 Å². The van der Waals surface area contributed by atoms with E-state index in [0.29, 0.717) is 25.3 Å². The second-order valence-electron chi connectivity index (χ2n) is 7.91. The van der Waals surface area contributed by atoms with Crippen molar-refractivity contribution in [3.63, 3.8) is 0 Å². The Morgan fingerprint density at radius 1 is 1.13 bits per heavy atom. The summed E-state index contributed by atoms with van der Waals surface area (Å²) in [6.45, 7) is 4.79. The van der Waals surface area contributed by atoms with Crippen LogP contribution in [0.25, 0.3) is 0 Å². The van der Waals surface area contributed by atoms with Crippen molar-refractivity contribution in [2.75, 3.05) is 11.9 Å². The molecule has 31 heavy (non-hydrogen) atoms. The van der Waals surface area contributed by atoms with E-state index in [2.05, 4.69) is 25.6 Å². The summed E-state index contributed by atoms with van der Waals surface area (Å²) in [5.74, 6) is -0.398. The number of benzene rings is 1. The fourth-order valence-electron chi connectivity index (χ4n) is 3.93. The lowest BCUT2D eigenvalue weighted by Gasteiger charge is -2.19. The molecule has 1 aliphatic rings. The molecule has 2 atom stereocenters. The Kier molecular flexibility index (Phi) is 5.73. The summed E-state index contributed by atoms with van der Waals surface area (Å²) in [7, 11) is 0. The molecule has 1 saturated carbocycles. The van der Waals surface area contributed by atoms with Crippen molar-refractivity contribution in [2.24, 2.45) is 5.92 Å². The van der Waals surface area contributed by atoms with Crippen molar-refractivity contribution in [1.29, 1.82) is 0 Å². The molecule has 2 heterocycles. The molecule has 2 N–H and O–H groups in total. The van der Waals surface area contributed by atoms with Gasteiger partial charge in [-0.15, -0.1) is 0 Å². The number of carbonyl (C=O) groups excluding carboxylic acids is 1. The summed E-state index contributed by atoms with van der Waals surface area (Å²) in [6.07, 6.45) is 3.41. The minimum atomic E-state index is -0.536. The maximum absolute atomic E-state index is 13.9. The average Bonchev–Trinajstić information content (AvgIpc) is 3.47. The zero-order valence-corrected chi connectivity index (χ0v) is 17.3. The van der Waals surface area contributed by atoms with E-state index in [4.69, 9.17) is 0 Å². The Morgan fingerprint density at radius 3 is 2.68 bits per heavy atom. The number of carbonyl (C=O) groups is 1. The summed E-state index contributed by atoms with van der Waals surface area (Å²) in [6, 6.07) is 9.01. The largest absolute Gasteiger partial charge is 0.312 e. The van der Waals surface area contributed by atoms with Crippen LogP contribution in [0, 0.1) is 31.4 Å². The molecule has 0 bridgehead atoms. The molecule has 0 unspecified atom stereocenters. The Labute approximate surface area is 179 Å². The van der Waals surface area contributed by atoms with Crippen LogP contribution in [0.3, 0.4) is 0 Å². The van der Waals surface area contributed by atoms with Gasteiger partial charge in [-0.05, 0) is 50.1 Å². The topological polar surface area (TPSA) is 79.8 Å². The molecular formula is C23H23F2N5O. The number of nitrogens with one attached hydrogen (secondary N) is 2. The number of pyridine rings is 1. The van der Waals surface area contributed by atoms with Gasteiger partial charge in [0.2, 0.25) is 5.91 Å². The molecule has 1 fully saturated rings. The van der Waals surface area contributed by atoms with Crippen molar-refractivity contribution < 1.29 is 13.6 Å². The highest BCUT2D eigenvalue weighted by Gasteiger charge is 2.59. The van der Waals surface area contributed by atoms with Crippen LogP contribution in [0.2, 0.25) is 0 Å². The Morgan fingerprint density at radius 2 is 1.97 bits per heavy atom. The molecule has 1 amide bonds. The fourth-order valence-corrected chi connectivity index (χ4v) is 3.93. The third-order valence-electron chi connectivity index (χ3n) is 5.73. The van der Waals surface area contributed by atoms with Crippen LogP contribution in [0.5, 0.6) is 0 Å². The molecule has 0 aliphatic heterocycles. The van der Waals surface area contributed by atoms with Crippen molar-refractivity contribution in [2.45, 2.75) is 32.2 Å². The SMILES string of the molecule is Cc1ncc(CNC[C@@]2(c3cccc(F)c3)C[C@H]2C(=O)Nc2ccc(F)cn2)c(C)n1. The summed E-state index contributed by atoms with van der Waals surface area (Å²) >= 11 is 0. The van der Waals surface area contributed by atoms with Crippen LogP contribution in [-0.4, -0.2) is 27.4 Å². The van der Waals surface area contributed by atoms with Crippen LogP contribution < -0.4 is 10.6 Å². The number of amides is 1. The fraction of sp³-hybridized carbons (Fsp3) is 0.304. The number of hydrogen-bond donors (Lipinski definition) is 2. The molecule has 0 saturated heterocycles. The van der Waals surface area contributed by atoms with E-state index in [1.807, 2.05) is 19.9 Å². The molecule has 1 aromatic carbocycles. The molecular weight excluding hydrogens is 400 g/mol. The van der Waals surface area contributed by atoms with Gasteiger partial charge in [0.25, 0.3) is 0 Å². The zero-order chi connectivity index (χ0) is 22.0. The van der Waals surface area contributed by atoms with E-state index >= 15 is 0 Å². The maximum atomic E-state index is 13.9. The summed E-state index contributed by atoms with van der Waals surface area (Å²) < 4.78 is 27.0. The molecule has 0 spiro atoms. The van der Waals surface area contributed by atoms with Gasteiger partial charge in [0.15, 0.2) is 0 Å². The third kappa shape index (κ3) is 4.59. The number of aryl methyl sites for hydroxylation is 2. The van der Waals surface area contributed by atoms with Crippen LogP contribution in [0.4, 0.5) is 14.6 Å². The van der Waals surface area contributed by atoms with Gasteiger partial charge in [0.1, 0.15) is 23.3 Å².